The first-order valence-electron chi connectivity index (χ1n) is 6.52. The molecule has 8 nitrogen and oxygen atoms in total. The van der Waals surface area contributed by atoms with Gasteiger partial charge in [0.15, 0.2) is 5.75 Å². The van der Waals surface area contributed by atoms with Gasteiger partial charge in [0.05, 0.1) is 16.7 Å². The SMILES string of the molecule is Cc1noc(C)c1C(C)NC(=O)c1ccc(O)c([N+](=O)[O-])c1. The van der Waals surface area contributed by atoms with Gasteiger partial charge in [0.1, 0.15) is 5.76 Å². The Labute approximate surface area is 125 Å². The minimum Gasteiger partial charge on any atom is -0.502 e. The van der Waals surface area contributed by atoms with Gasteiger partial charge in [-0.1, -0.05) is 5.16 Å². The minimum absolute atomic E-state index is 0.0862. The van der Waals surface area contributed by atoms with Crippen molar-refractivity contribution in [1.29, 1.82) is 0 Å². The van der Waals surface area contributed by atoms with Crippen molar-refractivity contribution in [3.05, 3.63) is 50.9 Å². The first kappa shape index (κ1) is 15.5. The normalized spacial score (nSPS) is 12.0. The van der Waals surface area contributed by atoms with Gasteiger partial charge >= 0.3 is 5.69 Å². The number of carbonyl (C=O) groups is 1. The molecule has 116 valence electrons. The summed E-state index contributed by atoms with van der Waals surface area (Å²) in [5.74, 6) is -0.377. The van der Waals surface area contributed by atoms with E-state index in [2.05, 4.69) is 10.5 Å². The number of amides is 1. The molecule has 2 rings (SSSR count). The fraction of sp³-hybridized carbons (Fsp3) is 0.286. The van der Waals surface area contributed by atoms with Gasteiger partial charge in [0.2, 0.25) is 0 Å². The monoisotopic (exact) mass is 305 g/mol. The van der Waals surface area contributed by atoms with E-state index in [1.165, 1.54) is 6.07 Å². The second-order valence-corrected chi connectivity index (χ2v) is 4.89. The van der Waals surface area contributed by atoms with Crippen LogP contribution in [0, 0.1) is 24.0 Å². The lowest BCUT2D eigenvalue weighted by Crippen LogP contribution is -2.27. The molecule has 2 aromatic rings. The van der Waals surface area contributed by atoms with E-state index in [0.717, 1.165) is 17.7 Å². The average Bonchev–Trinajstić information content (AvgIpc) is 2.78. The lowest BCUT2D eigenvalue weighted by atomic mass is 10.1. The molecular formula is C14H15N3O5. The van der Waals surface area contributed by atoms with Crippen LogP contribution in [0.3, 0.4) is 0 Å². The molecule has 0 spiro atoms. The van der Waals surface area contributed by atoms with E-state index < -0.39 is 22.3 Å². The number of carbonyl (C=O) groups excluding carboxylic acids is 1. The molecule has 22 heavy (non-hydrogen) atoms. The Balaban J connectivity index is 2.23. The molecule has 8 heteroatoms. The molecule has 2 N–H and O–H groups in total. The summed E-state index contributed by atoms with van der Waals surface area (Å²) < 4.78 is 5.05. The van der Waals surface area contributed by atoms with E-state index in [4.69, 9.17) is 4.52 Å². The molecular weight excluding hydrogens is 290 g/mol. The summed E-state index contributed by atoms with van der Waals surface area (Å²) in [6, 6.07) is 3.10. The van der Waals surface area contributed by atoms with E-state index in [9.17, 15) is 20.0 Å². The highest BCUT2D eigenvalue weighted by atomic mass is 16.6. The van der Waals surface area contributed by atoms with E-state index in [0.29, 0.717) is 11.5 Å². The van der Waals surface area contributed by atoms with Gasteiger partial charge in [-0.3, -0.25) is 14.9 Å². The molecule has 0 fully saturated rings. The summed E-state index contributed by atoms with van der Waals surface area (Å²) in [6.45, 7) is 5.27. The number of aryl methyl sites for hydroxylation is 2. The summed E-state index contributed by atoms with van der Waals surface area (Å²) in [5, 5.41) is 26.7. The predicted molar refractivity (Wildman–Crippen MR) is 76.6 cm³/mol. The van der Waals surface area contributed by atoms with Crippen LogP contribution < -0.4 is 5.32 Å². The Morgan fingerprint density at radius 3 is 2.68 bits per heavy atom. The summed E-state index contributed by atoms with van der Waals surface area (Å²) in [7, 11) is 0. The van der Waals surface area contributed by atoms with E-state index in [-0.39, 0.29) is 11.6 Å². The molecule has 0 aliphatic carbocycles. The number of benzene rings is 1. The number of nitro benzene ring substituents is 1. The van der Waals surface area contributed by atoms with Gasteiger partial charge in [0.25, 0.3) is 5.91 Å². The van der Waals surface area contributed by atoms with Crippen LogP contribution in [0.5, 0.6) is 5.75 Å². The Bertz CT molecular complexity index is 719. The standard InChI is InChI=1S/C14H15N3O5/c1-7(13-8(2)16-22-9(13)3)15-14(19)10-4-5-12(18)11(6-10)17(20)21/h4-7,18H,1-3H3,(H,15,19). The summed E-state index contributed by atoms with van der Waals surface area (Å²) in [5.41, 5.74) is 1.00. The quantitative estimate of drug-likeness (QED) is 0.661. The van der Waals surface area contributed by atoms with Crippen LogP contribution >= 0.6 is 0 Å². The number of nitrogens with one attached hydrogen (secondary N) is 1. The van der Waals surface area contributed by atoms with Crippen molar-refractivity contribution in [2.24, 2.45) is 0 Å². The Morgan fingerprint density at radius 2 is 2.14 bits per heavy atom. The van der Waals surface area contributed by atoms with Gasteiger partial charge in [-0.05, 0) is 32.9 Å². The topological polar surface area (TPSA) is 118 Å². The maximum absolute atomic E-state index is 12.2. The molecule has 0 bridgehead atoms. The van der Waals surface area contributed by atoms with Crippen molar-refractivity contribution in [2.45, 2.75) is 26.8 Å². The minimum atomic E-state index is -0.746. The van der Waals surface area contributed by atoms with E-state index in [1.807, 2.05) is 0 Å². The van der Waals surface area contributed by atoms with Crippen molar-refractivity contribution in [2.75, 3.05) is 0 Å². The van der Waals surface area contributed by atoms with Crippen molar-refractivity contribution >= 4 is 11.6 Å². The highest BCUT2D eigenvalue weighted by Crippen LogP contribution is 2.27. The summed E-state index contributed by atoms with van der Waals surface area (Å²) in [6.07, 6.45) is 0. The molecule has 1 aromatic carbocycles. The van der Waals surface area contributed by atoms with Crippen molar-refractivity contribution in [3.8, 4) is 5.75 Å². The van der Waals surface area contributed by atoms with Crippen molar-refractivity contribution in [1.82, 2.24) is 10.5 Å². The number of hydrogen-bond acceptors (Lipinski definition) is 6. The second kappa shape index (κ2) is 5.84. The lowest BCUT2D eigenvalue weighted by molar-refractivity contribution is -0.385. The van der Waals surface area contributed by atoms with Crippen LogP contribution in [0.25, 0.3) is 0 Å². The van der Waals surface area contributed by atoms with E-state index >= 15 is 0 Å². The fourth-order valence-corrected chi connectivity index (χ4v) is 2.27. The summed E-state index contributed by atoms with van der Waals surface area (Å²) in [4.78, 5) is 22.2. The van der Waals surface area contributed by atoms with E-state index in [1.54, 1.807) is 20.8 Å². The fourth-order valence-electron chi connectivity index (χ4n) is 2.27. The van der Waals surface area contributed by atoms with Gasteiger partial charge < -0.3 is 14.9 Å². The highest BCUT2D eigenvalue weighted by Gasteiger charge is 2.21. The van der Waals surface area contributed by atoms with Crippen LogP contribution in [0.4, 0.5) is 5.69 Å². The smallest absolute Gasteiger partial charge is 0.311 e. The number of phenols is 1. The van der Waals surface area contributed by atoms with Crippen molar-refractivity contribution < 1.29 is 19.3 Å². The van der Waals surface area contributed by atoms with Gasteiger partial charge in [-0.25, -0.2) is 0 Å². The molecule has 0 aliphatic heterocycles. The second-order valence-electron chi connectivity index (χ2n) is 4.89. The average molecular weight is 305 g/mol. The van der Waals surface area contributed by atoms with Gasteiger partial charge in [0, 0.05) is 17.2 Å². The number of hydrogen-bond donors (Lipinski definition) is 2. The number of rotatable bonds is 4. The molecule has 1 amide bonds. The molecule has 1 aromatic heterocycles. The molecule has 0 radical (unpaired) electrons. The molecule has 0 saturated heterocycles. The number of phenolic OH excluding ortho intramolecular Hbond substituents is 1. The zero-order valence-electron chi connectivity index (χ0n) is 12.3. The number of aromatic hydroxyl groups is 1. The lowest BCUT2D eigenvalue weighted by Gasteiger charge is -2.13. The maximum Gasteiger partial charge on any atom is 0.311 e. The third-order valence-electron chi connectivity index (χ3n) is 3.30. The largest absolute Gasteiger partial charge is 0.502 e. The highest BCUT2D eigenvalue weighted by molar-refractivity contribution is 5.95. The molecule has 1 atom stereocenters. The van der Waals surface area contributed by atoms with Crippen LogP contribution in [0.2, 0.25) is 0 Å². The zero-order chi connectivity index (χ0) is 16.4. The summed E-state index contributed by atoms with van der Waals surface area (Å²) >= 11 is 0. The first-order valence-corrected chi connectivity index (χ1v) is 6.52. The Kier molecular flexibility index (Phi) is 4.11. The Hall–Kier alpha value is -2.90. The van der Waals surface area contributed by atoms with Crippen LogP contribution in [-0.2, 0) is 0 Å². The third-order valence-corrected chi connectivity index (χ3v) is 3.30. The molecule has 1 heterocycles. The van der Waals surface area contributed by atoms with Crippen LogP contribution in [0.15, 0.2) is 22.7 Å². The van der Waals surface area contributed by atoms with Crippen molar-refractivity contribution in [3.63, 3.8) is 0 Å². The van der Waals surface area contributed by atoms with Crippen LogP contribution in [0.1, 0.15) is 40.3 Å². The van der Waals surface area contributed by atoms with Gasteiger partial charge in [-0.15, -0.1) is 0 Å². The van der Waals surface area contributed by atoms with Crippen LogP contribution in [-0.4, -0.2) is 21.1 Å². The molecule has 0 saturated carbocycles. The zero-order valence-corrected chi connectivity index (χ0v) is 12.3. The van der Waals surface area contributed by atoms with Gasteiger partial charge in [-0.2, -0.15) is 0 Å². The third kappa shape index (κ3) is 2.90. The Morgan fingerprint density at radius 1 is 1.45 bits per heavy atom. The number of nitrogens with zero attached hydrogens (tertiary/aromatic N) is 2. The number of aromatic nitrogens is 1. The maximum atomic E-state index is 12.2. The first-order chi connectivity index (χ1) is 10.3. The number of nitro groups is 1. The molecule has 0 aliphatic rings. The molecule has 1 unspecified atom stereocenters. The predicted octanol–water partition coefficient (Wildman–Crippen LogP) is 2.40.